The van der Waals surface area contributed by atoms with Gasteiger partial charge in [0.05, 0.1) is 5.41 Å². The fraction of sp³-hybridized carbons (Fsp3) is 0.545. The first-order valence-corrected chi connectivity index (χ1v) is 4.95. The van der Waals surface area contributed by atoms with Gasteiger partial charge >= 0.3 is 6.18 Å². The third kappa shape index (κ3) is 0.971. The van der Waals surface area contributed by atoms with E-state index in [1.807, 2.05) is 6.07 Å². The van der Waals surface area contributed by atoms with E-state index in [0.29, 0.717) is 0 Å². The highest BCUT2D eigenvalue weighted by atomic mass is 19.4. The first-order chi connectivity index (χ1) is 6.98. The van der Waals surface area contributed by atoms with Gasteiger partial charge in [-0.1, -0.05) is 6.07 Å². The lowest BCUT2D eigenvalue weighted by Gasteiger charge is -2.70. The fourth-order valence-electron chi connectivity index (χ4n) is 3.07. The summed E-state index contributed by atoms with van der Waals surface area (Å²) >= 11 is 0. The van der Waals surface area contributed by atoms with Gasteiger partial charge in [0.15, 0.2) is 0 Å². The van der Waals surface area contributed by atoms with E-state index in [1.54, 1.807) is 18.5 Å². The van der Waals surface area contributed by atoms with Crippen molar-refractivity contribution < 1.29 is 13.2 Å². The van der Waals surface area contributed by atoms with Gasteiger partial charge in [0.2, 0.25) is 0 Å². The summed E-state index contributed by atoms with van der Waals surface area (Å²) in [7, 11) is 0. The summed E-state index contributed by atoms with van der Waals surface area (Å²) < 4.78 is 37.8. The molecule has 2 bridgehead atoms. The minimum Gasteiger partial charge on any atom is -0.264 e. The standard InChI is InChI=1S/C11H10F3N/c12-11(13,14)10-5-9(6-10,7-10)8-2-1-3-15-4-8/h1-4H,5-7H2. The molecule has 0 atom stereocenters. The van der Waals surface area contributed by atoms with Gasteiger partial charge in [0.25, 0.3) is 0 Å². The van der Waals surface area contributed by atoms with Gasteiger partial charge in [-0.3, -0.25) is 4.98 Å². The van der Waals surface area contributed by atoms with E-state index in [-0.39, 0.29) is 24.7 Å². The lowest BCUT2D eigenvalue weighted by Crippen LogP contribution is -2.70. The highest BCUT2D eigenvalue weighted by Crippen LogP contribution is 2.78. The number of nitrogens with zero attached hydrogens (tertiary/aromatic N) is 1. The molecule has 0 spiro atoms. The summed E-state index contributed by atoms with van der Waals surface area (Å²) in [6.45, 7) is 0. The average molecular weight is 213 g/mol. The van der Waals surface area contributed by atoms with Crippen LogP contribution in [0.25, 0.3) is 0 Å². The lowest BCUT2D eigenvalue weighted by molar-refractivity contribution is -0.337. The average Bonchev–Trinajstić information content (AvgIpc) is 1.98. The van der Waals surface area contributed by atoms with Gasteiger partial charge in [-0.2, -0.15) is 13.2 Å². The summed E-state index contributed by atoms with van der Waals surface area (Å²) in [6, 6.07) is 3.67. The molecule has 0 radical (unpaired) electrons. The van der Waals surface area contributed by atoms with E-state index in [1.165, 1.54) is 0 Å². The topological polar surface area (TPSA) is 12.9 Å². The van der Waals surface area contributed by atoms with E-state index in [4.69, 9.17) is 0 Å². The zero-order valence-electron chi connectivity index (χ0n) is 8.01. The third-order valence-electron chi connectivity index (χ3n) is 3.91. The van der Waals surface area contributed by atoms with E-state index in [0.717, 1.165) is 5.56 Å². The molecule has 4 rings (SSSR count). The second-order valence-corrected chi connectivity index (χ2v) is 4.83. The Morgan fingerprint density at radius 2 is 1.87 bits per heavy atom. The van der Waals surface area contributed by atoms with Crippen LogP contribution in [0.1, 0.15) is 24.8 Å². The molecule has 0 unspecified atom stereocenters. The van der Waals surface area contributed by atoms with Crippen LogP contribution in [-0.4, -0.2) is 11.2 Å². The van der Waals surface area contributed by atoms with E-state index >= 15 is 0 Å². The van der Waals surface area contributed by atoms with Crippen molar-refractivity contribution in [3.63, 3.8) is 0 Å². The van der Waals surface area contributed by atoms with Crippen LogP contribution < -0.4 is 0 Å². The van der Waals surface area contributed by atoms with Crippen LogP contribution in [0.15, 0.2) is 24.5 Å². The molecule has 4 heteroatoms. The molecule has 3 fully saturated rings. The summed E-state index contributed by atoms with van der Waals surface area (Å²) in [5, 5.41) is 0. The van der Waals surface area contributed by atoms with E-state index < -0.39 is 11.6 Å². The largest absolute Gasteiger partial charge is 0.394 e. The molecular formula is C11H10F3N. The number of halogens is 3. The third-order valence-corrected chi connectivity index (χ3v) is 3.91. The first-order valence-electron chi connectivity index (χ1n) is 4.95. The summed E-state index contributed by atoms with van der Waals surface area (Å²) in [4.78, 5) is 3.96. The highest BCUT2D eigenvalue weighted by Gasteiger charge is 2.78. The van der Waals surface area contributed by atoms with Crippen LogP contribution >= 0.6 is 0 Å². The monoisotopic (exact) mass is 213 g/mol. The van der Waals surface area contributed by atoms with Crippen molar-refractivity contribution in [2.45, 2.75) is 30.9 Å². The minimum absolute atomic E-state index is 0.205. The molecule has 3 saturated carbocycles. The summed E-state index contributed by atoms with van der Waals surface area (Å²) in [5.41, 5.74) is -0.594. The quantitative estimate of drug-likeness (QED) is 0.698. The van der Waals surface area contributed by atoms with Crippen LogP contribution in [-0.2, 0) is 5.41 Å². The van der Waals surface area contributed by atoms with Crippen molar-refractivity contribution >= 4 is 0 Å². The van der Waals surface area contributed by atoms with Crippen molar-refractivity contribution in [1.82, 2.24) is 4.98 Å². The van der Waals surface area contributed by atoms with Crippen LogP contribution in [0, 0.1) is 5.41 Å². The predicted molar refractivity (Wildman–Crippen MR) is 48.3 cm³/mol. The molecule has 0 amide bonds. The van der Waals surface area contributed by atoms with Gasteiger partial charge in [-0.25, -0.2) is 0 Å². The van der Waals surface area contributed by atoms with E-state index in [9.17, 15) is 13.2 Å². The van der Waals surface area contributed by atoms with Gasteiger partial charge < -0.3 is 0 Å². The van der Waals surface area contributed by atoms with Gasteiger partial charge in [0, 0.05) is 12.4 Å². The maximum Gasteiger partial charge on any atom is 0.394 e. The zero-order chi connectivity index (χ0) is 10.7. The van der Waals surface area contributed by atoms with Crippen LogP contribution in [0.3, 0.4) is 0 Å². The molecule has 0 saturated heterocycles. The molecule has 3 aliphatic rings. The van der Waals surface area contributed by atoms with Crippen molar-refractivity contribution in [2.24, 2.45) is 5.41 Å². The van der Waals surface area contributed by atoms with Crippen molar-refractivity contribution in [1.29, 1.82) is 0 Å². The second kappa shape index (κ2) is 2.36. The molecule has 3 aliphatic carbocycles. The van der Waals surface area contributed by atoms with Crippen LogP contribution in [0.2, 0.25) is 0 Å². The summed E-state index contributed by atoms with van der Waals surface area (Å²) in [6.07, 6.45) is 0.102. The fourth-order valence-corrected chi connectivity index (χ4v) is 3.07. The molecule has 0 N–H and O–H groups in total. The Bertz CT molecular complexity index is 376. The smallest absolute Gasteiger partial charge is 0.264 e. The van der Waals surface area contributed by atoms with Gasteiger partial charge in [-0.15, -0.1) is 0 Å². The Hall–Kier alpha value is -1.06. The number of rotatable bonds is 1. The highest BCUT2D eigenvalue weighted by molar-refractivity contribution is 5.38. The number of aromatic nitrogens is 1. The van der Waals surface area contributed by atoms with Gasteiger partial charge in [-0.05, 0) is 36.3 Å². The number of alkyl halides is 3. The summed E-state index contributed by atoms with van der Waals surface area (Å²) in [5.74, 6) is 0. The molecule has 15 heavy (non-hydrogen) atoms. The molecule has 1 heterocycles. The Labute approximate surface area is 85.3 Å². The zero-order valence-corrected chi connectivity index (χ0v) is 8.01. The maximum atomic E-state index is 12.6. The maximum absolute atomic E-state index is 12.6. The number of hydrogen-bond acceptors (Lipinski definition) is 1. The minimum atomic E-state index is -4.02. The normalized spacial score (nSPS) is 38.1. The van der Waals surface area contributed by atoms with Crippen LogP contribution in [0.4, 0.5) is 13.2 Å². The predicted octanol–water partition coefficient (Wildman–Crippen LogP) is 3.07. The van der Waals surface area contributed by atoms with Gasteiger partial charge in [0.1, 0.15) is 0 Å². The Balaban J connectivity index is 1.82. The molecule has 1 nitrogen and oxygen atoms in total. The second-order valence-electron chi connectivity index (χ2n) is 4.83. The Morgan fingerprint density at radius 1 is 1.20 bits per heavy atom. The van der Waals surface area contributed by atoms with Crippen molar-refractivity contribution in [3.8, 4) is 0 Å². The van der Waals surface area contributed by atoms with Crippen molar-refractivity contribution in [3.05, 3.63) is 30.1 Å². The number of hydrogen-bond donors (Lipinski definition) is 0. The molecular weight excluding hydrogens is 203 g/mol. The SMILES string of the molecule is FC(F)(F)C12CC(c3cccnc3)(C1)C2. The van der Waals surface area contributed by atoms with Crippen LogP contribution in [0.5, 0.6) is 0 Å². The molecule has 0 aromatic carbocycles. The Morgan fingerprint density at radius 3 is 2.33 bits per heavy atom. The van der Waals surface area contributed by atoms with Crippen molar-refractivity contribution in [2.75, 3.05) is 0 Å². The number of pyridine rings is 1. The molecule has 0 aliphatic heterocycles. The Kier molecular flexibility index (Phi) is 1.45. The lowest BCUT2D eigenvalue weighted by atomic mass is 9.33. The molecule has 80 valence electrons. The van der Waals surface area contributed by atoms with E-state index in [2.05, 4.69) is 4.98 Å². The molecule has 1 aromatic rings. The first kappa shape index (κ1) is 9.19. The molecule has 1 aromatic heterocycles.